The van der Waals surface area contributed by atoms with Crippen molar-refractivity contribution in [1.29, 1.82) is 0 Å². The third-order valence-corrected chi connectivity index (χ3v) is 4.11. The summed E-state index contributed by atoms with van der Waals surface area (Å²) >= 11 is 0. The van der Waals surface area contributed by atoms with E-state index < -0.39 is 17.8 Å². The molecule has 1 aromatic carbocycles. The van der Waals surface area contributed by atoms with Crippen molar-refractivity contribution in [2.75, 3.05) is 5.32 Å². The first kappa shape index (κ1) is 27.1. The zero-order valence-corrected chi connectivity index (χ0v) is 19.8. The third kappa shape index (κ3) is 9.88. The molecule has 0 saturated carbocycles. The number of carbonyl (C=O) groups is 4. The zero-order valence-electron chi connectivity index (χ0n) is 16.9. The molecule has 2 N–H and O–H groups in total. The van der Waals surface area contributed by atoms with E-state index in [0.717, 1.165) is 5.56 Å². The quantitative estimate of drug-likeness (QED) is 0.333. The van der Waals surface area contributed by atoms with Crippen molar-refractivity contribution in [3.8, 4) is 0 Å². The zero-order chi connectivity index (χ0) is 21.3. The van der Waals surface area contributed by atoms with E-state index in [0.29, 0.717) is 5.69 Å². The van der Waals surface area contributed by atoms with E-state index in [-0.39, 0.29) is 64.0 Å². The van der Waals surface area contributed by atoms with Gasteiger partial charge in [0.1, 0.15) is 6.61 Å². The van der Waals surface area contributed by atoms with Gasteiger partial charge in [0.25, 0.3) is 0 Å². The van der Waals surface area contributed by atoms with Crippen LogP contribution in [0.2, 0.25) is 0 Å². The van der Waals surface area contributed by atoms with Crippen molar-refractivity contribution in [3.05, 3.63) is 36.8 Å². The van der Waals surface area contributed by atoms with Crippen molar-refractivity contribution in [2.45, 2.75) is 46.3 Å². The van der Waals surface area contributed by atoms with Crippen molar-refractivity contribution in [1.82, 2.24) is 5.32 Å². The Kier molecular flexibility index (Phi) is 12.4. The summed E-state index contributed by atoms with van der Waals surface area (Å²) in [5, 5.41) is 5.40. The number of hydrogen-bond donors (Lipinski definition) is 2. The second-order valence-electron chi connectivity index (χ2n) is 6.90. The Morgan fingerprint density at radius 1 is 1.10 bits per heavy atom. The van der Waals surface area contributed by atoms with Gasteiger partial charge in [0.15, 0.2) is 11.7 Å². The summed E-state index contributed by atoms with van der Waals surface area (Å²) < 4.78 is 4.69. The molecule has 29 heavy (non-hydrogen) atoms. The van der Waals surface area contributed by atoms with E-state index in [2.05, 4.69) is 22.3 Å². The van der Waals surface area contributed by atoms with Crippen LogP contribution in [0.15, 0.2) is 24.3 Å². The van der Waals surface area contributed by atoms with Crippen LogP contribution in [0.5, 0.6) is 0 Å². The van der Waals surface area contributed by atoms with E-state index >= 15 is 0 Å². The van der Waals surface area contributed by atoms with Crippen LogP contribution in [0.3, 0.4) is 0 Å². The first-order valence-electron chi connectivity index (χ1n) is 9.07. The van der Waals surface area contributed by atoms with Crippen LogP contribution in [-0.2, 0) is 46.8 Å². The van der Waals surface area contributed by atoms with Crippen molar-refractivity contribution >= 4 is 37.0 Å². The monoisotopic (exact) mass is 569 g/mol. The molecule has 2 amide bonds. The minimum absolute atomic E-state index is 0. The number of ether oxygens (including phenoxy) is 1. The second-order valence-corrected chi connectivity index (χ2v) is 6.90. The van der Waals surface area contributed by atoms with Gasteiger partial charge in [-0.25, -0.2) is 0 Å². The molecular formula is C20H26BN2O5W-. The van der Waals surface area contributed by atoms with Crippen LogP contribution >= 0.6 is 0 Å². The largest absolute Gasteiger partial charge is 0.470 e. The molecule has 1 aromatic rings. The minimum Gasteiger partial charge on any atom is -0.470 e. The number of carbonyl (C=O) groups excluding carboxylic acids is 4. The summed E-state index contributed by atoms with van der Waals surface area (Å²) in [7, 11) is 4.91. The molecule has 0 saturated heterocycles. The van der Waals surface area contributed by atoms with E-state index in [4.69, 9.17) is 7.85 Å². The van der Waals surface area contributed by atoms with Gasteiger partial charge in [0.05, 0.1) is 6.04 Å². The Morgan fingerprint density at radius 3 is 2.17 bits per heavy atom. The van der Waals surface area contributed by atoms with Gasteiger partial charge >= 0.3 is 0 Å². The number of anilines is 1. The maximum atomic E-state index is 12.5. The normalized spacial score (nSPS) is 12.3. The number of hydrogen-bond acceptors (Lipinski definition) is 5. The topological polar surface area (TPSA) is 102 Å². The summed E-state index contributed by atoms with van der Waals surface area (Å²) in [6, 6.07) is 6.07. The number of amides is 2. The Balaban J connectivity index is 0.00000784. The first-order valence-corrected chi connectivity index (χ1v) is 9.07. The van der Waals surface area contributed by atoms with E-state index in [1.165, 1.54) is 0 Å². The predicted octanol–water partition coefficient (Wildman–Crippen LogP) is 2.39. The Bertz CT molecular complexity index is 709. The molecule has 0 heterocycles. The molecule has 0 spiro atoms. The van der Waals surface area contributed by atoms with Gasteiger partial charge in [-0.3, -0.25) is 19.2 Å². The Morgan fingerprint density at radius 2 is 1.69 bits per heavy atom. The molecule has 2 radical (unpaired) electrons. The minimum atomic E-state index is -0.859. The molecule has 0 fully saturated rings. The molecule has 7 nitrogen and oxygen atoms in total. The molecule has 0 unspecified atom stereocenters. The average Bonchev–Trinajstić information content (AvgIpc) is 2.64. The Labute approximate surface area is 187 Å². The summed E-state index contributed by atoms with van der Waals surface area (Å²) in [5.41, 5.74) is 1.28. The third-order valence-electron chi connectivity index (χ3n) is 4.11. The van der Waals surface area contributed by atoms with Gasteiger partial charge in [-0.05, 0) is 23.6 Å². The fraction of sp³-hybridized carbons (Fsp3) is 0.450. The van der Waals surface area contributed by atoms with E-state index in [1.807, 2.05) is 13.8 Å². The van der Waals surface area contributed by atoms with Crippen molar-refractivity contribution < 1.29 is 45.0 Å². The van der Waals surface area contributed by atoms with Crippen LogP contribution in [0.4, 0.5) is 10.5 Å². The summed E-state index contributed by atoms with van der Waals surface area (Å²) in [4.78, 5) is 47.0. The molecule has 0 aromatic heterocycles. The van der Waals surface area contributed by atoms with Crippen LogP contribution < -0.4 is 10.6 Å². The predicted molar refractivity (Wildman–Crippen MR) is 107 cm³/mol. The Hall–Kier alpha value is -1.95. The number of ketones is 1. The molecule has 0 aliphatic carbocycles. The standard InChI is InChI=1S/C20H26BN2O5.W/c1-5-17(25)23-18(12(2)3)16(24)10-13(4)19(26)22-15-8-6-14(7-9-15)11-28-20(21)27;/h6-9,12-13,18H,1,5,10-11H2,2-4H3,(H,22,26)(H,23,25);/q-1;/t13-,18+;/m1./s1. The number of Topliss-reactive ketones (excluding diaryl/α,β-unsaturated/α-hetero) is 1. The first-order chi connectivity index (χ1) is 13.1. The molecule has 9 heteroatoms. The smallest absolute Gasteiger partial charge is 0.236 e. The van der Waals surface area contributed by atoms with Gasteiger partial charge in [0, 0.05) is 39.1 Å². The molecule has 0 aliphatic rings. The fourth-order valence-electron chi connectivity index (χ4n) is 2.49. The summed E-state index contributed by atoms with van der Waals surface area (Å²) in [6.45, 7) is 8.87. The van der Waals surface area contributed by atoms with Crippen LogP contribution in [0.25, 0.3) is 0 Å². The SMILES string of the molecule is [B]C(=O)OCc1ccc(NC(=O)[C@H](C)CC(=O)[C@@H](NC(=O)C[CH2-])C(C)C)cc1.[W]. The van der Waals surface area contributed by atoms with Crippen molar-refractivity contribution in [3.63, 3.8) is 0 Å². The molecule has 156 valence electrons. The van der Waals surface area contributed by atoms with Crippen LogP contribution in [-0.4, -0.2) is 37.4 Å². The van der Waals surface area contributed by atoms with Crippen molar-refractivity contribution in [2.24, 2.45) is 11.8 Å². The summed E-state index contributed by atoms with van der Waals surface area (Å²) in [5.74, 6) is -2.32. The number of benzene rings is 1. The molecule has 0 aliphatic heterocycles. The van der Waals surface area contributed by atoms with Gasteiger partial charge < -0.3 is 22.3 Å². The van der Waals surface area contributed by atoms with Gasteiger partial charge in [-0.2, -0.15) is 0 Å². The molecule has 2 atom stereocenters. The van der Waals surface area contributed by atoms with E-state index in [9.17, 15) is 19.2 Å². The average molecular weight is 569 g/mol. The number of nitrogens with one attached hydrogen (secondary N) is 2. The maximum absolute atomic E-state index is 12.5. The maximum Gasteiger partial charge on any atom is 0.236 e. The molecule has 1 rings (SSSR count). The van der Waals surface area contributed by atoms with Gasteiger partial charge in [0.2, 0.25) is 19.6 Å². The van der Waals surface area contributed by atoms with Crippen LogP contribution in [0.1, 0.15) is 39.2 Å². The van der Waals surface area contributed by atoms with Gasteiger partial charge in [-0.15, -0.1) is 6.42 Å². The summed E-state index contributed by atoms with van der Waals surface area (Å²) in [6.07, 6.45) is 0.0592. The van der Waals surface area contributed by atoms with E-state index in [1.54, 1.807) is 31.2 Å². The fourth-order valence-corrected chi connectivity index (χ4v) is 2.49. The van der Waals surface area contributed by atoms with Gasteiger partial charge in [-0.1, -0.05) is 32.9 Å². The second kappa shape index (κ2) is 13.3. The molecule has 0 bridgehead atoms. The number of rotatable bonds is 10. The molecular weight excluding hydrogens is 543 g/mol. The van der Waals surface area contributed by atoms with Crippen LogP contribution in [0, 0.1) is 18.8 Å².